The lowest BCUT2D eigenvalue weighted by Gasteiger charge is -2.25. The van der Waals surface area contributed by atoms with Gasteiger partial charge >= 0.3 is 0 Å². The lowest BCUT2D eigenvalue weighted by Crippen LogP contribution is -2.32. The Morgan fingerprint density at radius 2 is 2.41 bits per heavy atom. The van der Waals surface area contributed by atoms with Gasteiger partial charge < -0.3 is 15.4 Å². The number of methoxy groups -OCH3 is 1. The van der Waals surface area contributed by atoms with Gasteiger partial charge in [-0.2, -0.15) is 0 Å². The summed E-state index contributed by atoms with van der Waals surface area (Å²) in [6.45, 7) is 1.51. The van der Waals surface area contributed by atoms with E-state index in [2.05, 4.69) is 9.88 Å². The molecule has 1 aliphatic rings. The van der Waals surface area contributed by atoms with E-state index in [4.69, 9.17) is 22.7 Å². The van der Waals surface area contributed by atoms with E-state index in [1.54, 1.807) is 13.3 Å². The summed E-state index contributed by atoms with van der Waals surface area (Å²) < 4.78 is 5.14. The van der Waals surface area contributed by atoms with Gasteiger partial charge in [-0.1, -0.05) is 12.2 Å². The number of hydrogen-bond donors (Lipinski definition) is 1. The topological polar surface area (TPSA) is 51.4 Å². The van der Waals surface area contributed by atoms with Gasteiger partial charge in [0.1, 0.15) is 10.8 Å². The maximum Gasteiger partial charge on any atom is 0.139 e. The van der Waals surface area contributed by atoms with E-state index in [0.29, 0.717) is 17.6 Å². The SMILES string of the molecule is COCCN(c1ncccc1C(N)=S)C1CC1. The first-order chi connectivity index (χ1) is 8.24. The summed E-state index contributed by atoms with van der Waals surface area (Å²) in [4.78, 5) is 7.06. The van der Waals surface area contributed by atoms with Crippen molar-refractivity contribution in [1.29, 1.82) is 0 Å². The van der Waals surface area contributed by atoms with Gasteiger partial charge in [-0.3, -0.25) is 0 Å². The van der Waals surface area contributed by atoms with Gasteiger partial charge in [0.25, 0.3) is 0 Å². The van der Waals surface area contributed by atoms with Gasteiger partial charge in [0.05, 0.1) is 12.2 Å². The average molecular weight is 251 g/mol. The summed E-state index contributed by atoms with van der Waals surface area (Å²) in [6.07, 6.45) is 4.19. The van der Waals surface area contributed by atoms with Crippen molar-refractivity contribution in [2.45, 2.75) is 18.9 Å². The third kappa shape index (κ3) is 2.92. The van der Waals surface area contributed by atoms with Gasteiger partial charge in [0, 0.05) is 25.9 Å². The smallest absolute Gasteiger partial charge is 0.139 e. The number of aromatic nitrogens is 1. The summed E-state index contributed by atoms with van der Waals surface area (Å²) in [6, 6.07) is 4.35. The molecule has 1 aliphatic carbocycles. The fourth-order valence-corrected chi connectivity index (χ4v) is 2.01. The van der Waals surface area contributed by atoms with Crippen LogP contribution in [0.3, 0.4) is 0 Å². The Balaban J connectivity index is 2.25. The average Bonchev–Trinajstić information content (AvgIpc) is 3.14. The summed E-state index contributed by atoms with van der Waals surface area (Å²) in [5.41, 5.74) is 6.59. The van der Waals surface area contributed by atoms with Gasteiger partial charge in [-0.05, 0) is 25.0 Å². The highest BCUT2D eigenvalue weighted by molar-refractivity contribution is 7.80. The number of rotatable bonds is 6. The zero-order valence-electron chi connectivity index (χ0n) is 9.93. The fraction of sp³-hybridized carbons (Fsp3) is 0.500. The molecule has 0 aliphatic heterocycles. The minimum absolute atomic E-state index is 0.399. The summed E-state index contributed by atoms with van der Waals surface area (Å²) in [7, 11) is 1.71. The maximum absolute atomic E-state index is 5.74. The Labute approximate surface area is 107 Å². The number of nitrogens with zero attached hydrogens (tertiary/aromatic N) is 2. The minimum Gasteiger partial charge on any atom is -0.389 e. The molecule has 0 spiro atoms. The van der Waals surface area contributed by atoms with Crippen LogP contribution in [0.2, 0.25) is 0 Å². The molecule has 0 aromatic carbocycles. The molecule has 1 heterocycles. The van der Waals surface area contributed by atoms with Gasteiger partial charge in [-0.25, -0.2) is 4.98 Å². The molecule has 0 saturated heterocycles. The van der Waals surface area contributed by atoms with Crippen LogP contribution in [-0.2, 0) is 4.74 Å². The molecule has 0 atom stereocenters. The Kier molecular flexibility index (Phi) is 3.91. The Hall–Kier alpha value is -1.20. The molecule has 1 saturated carbocycles. The van der Waals surface area contributed by atoms with Gasteiger partial charge in [0.15, 0.2) is 0 Å². The van der Waals surface area contributed by atoms with Gasteiger partial charge in [-0.15, -0.1) is 0 Å². The largest absolute Gasteiger partial charge is 0.389 e. The Morgan fingerprint density at radius 1 is 1.65 bits per heavy atom. The molecule has 1 aromatic rings. The summed E-state index contributed by atoms with van der Waals surface area (Å²) >= 11 is 5.07. The van der Waals surface area contributed by atoms with Crippen molar-refractivity contribution in [1.82, 2.24) is 4.98 Å². The van der Waals surface area contributed by atoms with Crippen LogP contribution in [0.25, 0.3) is 0 Å². The Bertz CT molecular complexity index is 406. The zero-order valence-corrected chi connectivity index (χ0v) is 10.7. The van der Waals surface area contributed by atoms with Crippen molar-refractivity contribution < 1.29 is 4.74 Å². The molecule has 4 nitrogen and oxygen atoms in total. The Morgan fingerprint density at radius 3 is 3.00 bits per heavy atom. The number of thiocarbonyl (C=S) groups is 1. The first-order valence-electron chi connectivity index (χ1n) is 5.74. The van der Waals surface area contributed by atoms with E-state index in [1.165, 1.54) is 12.8 Å². The molecule has 17 heavy (non-hydrogen) atoms. The van der Waals surface area contributed by atoms with Crippen LogP contribution in [0.4, 0.5) is 5.82 Å². The normalized spacial score (nSPS) is 14.6. The minimum atomic E-state index is 0.399. The summed E-state index contributed by atoms with van der Waals surface area (Å²) in [5.74, 6) is 0.888. The number of hydrogen-bond acceptors (Lipinski definition) is 4. The molecule has 0 unspecified atom stereocenters. The van der Waals surface area contributed by atoms with Crippen molar-refractivity contribution in [2.24, 2.45) is 5.73 Å². The molecule has 0 amide bonds. The van der Waals surface area contributed by atoms with Crippen LogP contribution in [-0.4, -0.2) is 36.3 Å². The zero-order chi connectivity index (χ0) is 12.3. The molecular formula is C12H17N3OS. The molecular weight excluding hydrogens is 234 g/mol. The highest BCUT2D eigenvalue weighted by atomic mass is 32.1. The van der Waals surface area contributed by atoms with Crippen LogP contribution < -0.4 is 10.6 Å². The third-order valence-corrected chi connectivity index (χ3v) is 3.07. The molecule has 2 N–H and O–H groups in total. The molecule has 0 bridgehead atoms. The number of pyridine rings is 1. The fourth-order valence-electron chi connectivity index (χ4n) is 1.86. The van der Waals surface area contributed by atoms with Crippen molar-refractivity contribution in [3.05, 3.63) is 23.9 Å². The summed E-state index contributed by atoms with van der Waals surface area (Å²) in [5, 5.41) is 0. The quantitative estimate of drug-likeness (QED) is 0.773. The standard InChI is InChI=1S/C12H17N3OS/c1-16-8-7-15(9-4-5-9)12-10(11(13)17)3-2-6-14-12/h2-3,6,9H,4-5,7-8H2,1H3,(H2,13,17). The van der Waals surface area contributed by atoms with Crippen LogP contribution in [0.5, 0.6) is 0 Å². The van der Waals surface area contributed by atoms with Crippen molar-refractivity contribution in [3.8, 4) is 0 Å². The first kappa shape index (κ1) is 12.3. The van der Waals surface area contributed by atoms with Crippen molar-refractivity contribution >= 4 is 23.0 Å². The first-order valence-corrected chi connectivity index (χ1v) is 6.15. The molecule has 5 heteroatoms. The highest BCUT2D eigenvalue weighted by Crippen LogP contribution is 2.31. The number of nitrogens with two attached hydrogens (primary N) is 1. The monoisotopic (exact) mass is 251 g/mol. The molecule has 2 rings (SSSR count). The van der Waals surface area contributed by atoms with E-state index in [0.717, 1.165) is 17.9 Å². The van der Waals surface area contributed by atoms with E-state index >= 15 is 0 Å². The van der Waals surface area contributed by atoms with Crippen LogP contribution in [0, 0.1) is 0 Å². The predicted octanol–water partition coefficient (Wildman–Crippen LogP) is 1.33. The molecule has 0 radical (unpaired) electrons. The maximum atomic E-state index is 5.74. The highest BCUT2D eigenvalue weighted by Gasteiger charge is 2.31. The van der Waals surface area contributed by atoms with Gasteiger partial charge in [0.2, 0.25) is 0 Å². The predicted molar refractivity (Wildman–Crippen MR) is 72.4 cm³/mol. The van der Waals surface area contributed by atoms with Crippen molar-refractivity contribution in [3.63, 3.8) is 0 Å². The van der Waals surface area contributed by atoms with Crippen LogP contribution in [0.1, 0.15) is 18.4 Å². The number of ether oxygens (including phenoxy) is 1. The van der Waals surface area contributed by atoms with E-state index in [1.807, 2.05) is 12.1 Å². The van der Waals surface area contributed by atoms with E-state index in [-0.39, 0.29) is 0 Å². The van der Waals surface area contributed by atoms with Crippen LogP contribution in [0.15, 0.2) is 18.3 Å². The lowest BCUT2D eigenvalue weighted by atomic mass is 10.2. The molecule has 1 aromatic heterocycles. The lowest BCUT2D eigenvalue weighted by molar-refractivity contribution is 0.204. The number of anilines is 1. The molecule has 1 fully saturated rings. The van der Waals surface area contributed by atoms with Crippen molar-refractivity contribution in [2.75, 3.05) is 25.2 Å². The van der Waals surface area contributed by atoms with Crippen LogP contribution >= 0.6 is 12.2 Å². The second-order valence-corrected chi connectivity index (χ2v) is 4.60. The second-order valence-electron chi connectivity index (χ2n) is 4.16. The van der Waals surface area contributed by atoms with E-state index in [9.17, 15) is 0 Å². The van der Waals surface area contributed by atoms with E-state index < -0.39 is 0 Å². The third-order valence-electron chi connectivity index (χ3n) is 2.85. The second kappa shape index (κ2) is 5.42. The molecule has 92 valence electrons.